The highest BCUT2D eigenvalue weighted by Gasteiger charge is 2.67. The molecule has 7 atom stereocenters. The molecule has 3 amide bonds. The third kappa shape index (κ3) is 3.22. The first kappa shape index (κ1) is 21.8. The lowest BCUT2D eigenvalue weighted by atomic mass is 9.63. The van der Waals surface area contributed by atoms with E-state index < -0.39 is 6.04 Å². The Balaban J connectivity index is 1.34. The van der Waals surface area contributed by atoms with E-state index in [0.29, 0.717) is 23.9 Å². The molecular weight excluding hydrogens is 492 g/mol. The van der Waals surface area contributed by atoms with Crippen LogP contribution in [0.15, 0.2) is 59.1 Å². The van der Waals surface area contributed by atoms with Gasteiger partial charge in [-0.25, -0.2) is 0 Å². The van der Waals surface area contributed by atoms with Gasteiger partial charge in [0.2, 0.25) is 17.7 Å². The number of nitrogens with one attached hydrogen (secondary N) is 1. The molecule has 1 N–H and O–H groups in total. The van der Waals surface area contributed by atoms with Crippen LogP contribution in [0.3, 0.4) is 0 Å². The maximum absolute atomic E-state index is 13.7. The minimum Gasteiger partial charge on any atom is -0.324 e. The van der Waals surface area contributed by atoms with Crippen molar-refractivity contribution >= 4 is 39.3 Å². The number of anilines is 1. The van der Waals surface area contributed by atoms with E-state index in [1.54, 1.807) is 0 Å². The molecule has 2 aromatic rings. The minimum absolute atomic E-state index is 0.137. The van der Waals surface area contributed by atoms with Crippen molar-refractivity contribution in [2.75, 3.05) is 5.32 Å². The Kier molecular flexibility index (Phi) is 5.07. The number of imide groups is 1. The van der Waals surface area contributed by atoms with Gasteiger partial charge >= 0.3 is 0 Å². The van der Waals surface area contributed by atoms with Gasteiger partial charge in [-0.2, -0.15) is 0 Å². The van der Waals surface area contributed by atoms with Crippen LogP contribution >= 0.6 is 15.9 Å². The number of carbonyl (C=O) groups excluding carboxylic acids is 3. The lowest BCUT2D eigenvalue weighted by molar-refractivity contribution is -0.146. The second kappa shape index (κ2) is 7.91. The molecule has 1 heterocycles. The molecule has 7 unspecified atom stereocenters. The minimum atomic E-state index is -0.882. The van der Waals surface area contributed by atoms with Gasteiger partial charge in [0.25, 0.3) is 0 Å². The zero-order valence-electron chi connectivity index (χ0n) is 19.2. The van der Waals surface area contributed by atoms with E-state index in [9.17, 15) is 14.4 Å². The molecule has 0 spiro atoms. The summed E-state index contributed by atoms with van der Waals surface area (Å²) in [6.45, 7) is 3.95. The fourth-order valence-electron chi connectivity index (χ4n) is 6.56. The average Bonchev–Trinajstić information content (AvgIpc) is 3.62. The molecule has 2 aromatic carbocycles. The van der Waals surface area contributed by atoms with E-state index in [1.165, 1.54) is 4.90 Å². The number of hydrogen-bond acceptors (Lipinski definition) is 3. The van der Waals surface area contributed by atoms with E-state index in [-0.39, 0.29) is 41.4 Å². The van der Waals surface area contributed by atoms with Crippen LogP contribution < -0.4 is 5.32 Å². The monoisotopic (exact) mass is 518 g/mol. The first-order valence-corrected chi connectivity index (χ1v) is 12.8. The Hall–Kier alpha value is -2.73. The lowest BCUT2D eigenvalue weighted by Gasteiger charge is -2.37. The van der Waals surface area contributed by atoms with Gasteiger partial charge < -0.3 is 5.32 Å². The molecular formula is C28H27BrN2O3. The Labute approximate surface area is 207 Å². The number of rotatable bonds is 5. The highest BCUT2D eigenvalue weighted by atomic mass is 79.9. The molecule has 0 aromatic heterocycles. The molecule has 1 saturated heterocycles. The molecule has 174 valence electrons. The first-order valence-electron chi connectivity index (χ1n) is 12.0. The van der Waals surface area contributed by atoms with Crippen LogP contribution in [-0.4, -0.2) is 28.7 Å². The number of amides is 3. The van der Waals surface area contributed by atoms with E-state index in [2.05, 4.69) is 33.4 Å². The third-order valence-corrected chi connectivity index (χ3v) is 9.42. The highest BCUT2D eigenvalue weighted by molar-refractivity contribution is 9.10. The van der Waals surface area contributed by atoms with Crippen molar-refractivity contribution in [1.29, 1.82) is 0 Å². The summed E-state index contributed by atoms with van der Waals surface area (Å²) in [7, 11) is 0. The van der Waals surface area contributed by atoms with Gasteiger partial charge in [-0.3, -0.25) is 19.3 Å². The summed E-state index contributed by atoms with van der Waals surface area (Å²) < 4.78 is 0.972. The van der Waals surface area contributed by atoms with Gasteiger partial charge in [0, 0.05) is 16.6 Å². The normalized spacial score (nSPS) is 31.3. The summed E-state index contributed by atoms with van der Waals surface area (Å²) >= 11 is 3.53. The fourth-order valence-corrected chi connectivity index (χ4v) is 6.99. The van der Waals surface area contributed by atoms with Gasteiger partial charge in [0.15, 0.2) is 0 Å². The topological polar surface area (TPSA) is 66.5 Å². The van der Waals surface area contributed by atoms with Crippen molar-refractivity contribution in [3.63, 3.8) is 0 Å². The predicted octanol–water partition coefficient (Wildman–Crippen LogP) is 4.67. The maximum Gasteiger partial charge on any atom is 0.248 e. The van der Waals surface area contributed by atoms with E-state index in [0.717, 1.165) is 27.6 Å². The molecule has 2 saturated carbocycles. The van der Waals surface area contributed by atoms with Crippen LogP contribution in [0.5, 0.6) is 0 Å². The number of likely N-dealkylation sites (tertiary alicyclic amines) is 1. The molecule has 4 aliphatic carbocycles. The van der Waals surface area contributed by atoms with E-state index in [1.807, 2.05) is 56.3 Å². The quantitative estimate of drug-likeness (QED) is 0.462. The molecule has 0 radical (unpaired) electrons. The summed E-state index contributed by atoms with van der Waals surface area (Å²) in [5.74, 6) is 0.0587. The number of hydrogen-bond donors (Lipinski definition) is 1. The Morgan fingerprint density at radius 1 is 0.971 bits per heavy atom. The Bertz CT molecular complexity index is 1200. The molecule has 34 heavy (non-hydrogen) atoms. The largest absolute Gasteiger partial charge is 0.324 e. The van der Waals surface area contributed by atoms with Crippen LogP contribution in [0, 0.1) is 49.4 Å². The van der Waals surface area contributed by atoms with Gasteiger partial charge in [-0.05, 0) is 72.8 Å². The van der Waals surface area contributed by atoms with Gasteiger partial charge in [0.05, 0.1) is 11.8 Å². The summed E-state index contributed by atoms with van der Waals surface area (Å²) in [4.78, 5) is 42.5. The average molecular weight is 519 g/mol. The Morgan fingerprint density at radius 3 is 2.21 bits per heavy atom. The Morgan fingerprint density at radius 2 is 1.59 bits per heavy atom. The molecule has 1 aliphatic heterocycles. The van der Waals surface area contributed by atoms with E-state index in [4.69, 9.17) is 0 Å². The number of halogens is 1. The van der Waals surface area contributed by atoms with Crippen molar-refractivity contribution < 1.29 is 14.4 Å². The van der Waals surface area contributed by atoms with Crippen molar-refractivity contribution in [3.8, 4) is 0 Å². The molecule has 5 aliphatic rings. The van der Waals surface area contributed by atoms with Gasteiger partial charge in [0.1, 0.15) is 6.04 Å². The summed E-state index contributed by atoms with van der Waals surface area (Å²) in [5.41, 5.74) is 3.61. The predicted molar refractivity (Wildman–Crippen MR) is 133 cm³/mol. The second-order valence-electron chi connectivity index (χ2n) is 10.2. The molecule has 6 heteroatoms. The lowest BCUT2D eigenvalue weighted by Crippen LogP contribution is -2.49. The zero-order valence-corrected chi connectivity index (χ0v) is 20.8. The number of allylic oxidation sites excluding steroid dienone is 2. The zero-order chi connectivity index (χ0) is 23.7. The molecule has 3 fully saturated rings. The molecule has 7 rings (SSSR count). The van der Waals surface area contributed by atoms with Crippen LogP contribution in [0.1, 0.15) is 23.1 Å². The fraction of sp³-hybridized carbons (Fsp3) is 0.393. The maximum atomic E-state index is 13.7. The highest BCUT2D eigenvalue weighted by Crippen LogP contribution is 2.65. The van der Waals surface area contributed by atoms with Crippen molar-refractivity contribution in [3.05, 3.63) is 75.8 Å². The van der Waals surface area contributed by atoms with Crippen molar-refractivity contribution in [1.82, 2.24) is 4.90 Å². The van der Waals surface area contributed by atoms with Crippen LogP contribution in [0.25, 0.3) is 0 Å². The SMILES string of the molecule is Cc1c(Br)ccc(NC(=O)C(Cc2ccccc2)N2C(=O)C3C4C=CC(C5CC45)C3C2=O)c1C. The molecule has 2 bridgehead atoms. The first-order chi connectivity index (χ1) is 16.4. The third-order valence-electron chi connectivity index (χ3n) is 8.56. The summed E-state index contributed by atoms with van der Waals surface area (Å²) in [6.07, 6.45) is 5.74. The number of benzene rings is 2. The van der Waals surface area contributed by atoms with Crippen LogP contribution in [0.2, 0.25) is 0 Å². The van der Waals surface area contributed by atoms with Crippen molar-refractivity contribution in [2.24, 2.45) is 35.5 Å². The summed E-state index contributed by atoms with van der Waals surface area (Å²) in [6, 6.07) is 12.5. The second-order valence-corrected chi connectivity index (χ2v) is 11.1. The van der Waals surface area contributed by atoms with Gasteiger partial charge in [-0.1, -0.05) is 58.4 Å². The number of nitrogens with zero attached hydrogens (tertiary/aromatic N) is 1. The van der Waals surface area contributed by atoms with E-state index >= 15 is 0 Å². The standard InChI is InChI=1S/C28H27BrN2O3/c1-14-15(2)22(11-10-21(14)29)30-26(32)23(12-16-6-4-3-5-7-16)31-27(33)24-17-8-9-18(20-13-19(17)20)25(24)28(31)34/h3-11,17-20,23-25H,12-13H2,1-2H3,(H,30,32). The molecule has 5 nitrogen and oxygen atoms in total. The smallest absolute Gasteiger partial charge is 0.248 e. The summed E-state index contributed by atoms with van der Waals surface area (Å²) in [5, 5.41) is 3.03. The van der Waals surface area contributed by atoms with Crippen LogP contribution in [-0.2, 0) is 20.8 Å². The number of carbonyl (C=O) groups is 3. The van der Waals surface area contributed by atoms with Crippen molar-refractivity contribution in [2.45, 2.75) is 32.7 Å². The van der Waals surface area contributed by atoms with Gasteiger partial charge in [-0.15, -0.1) is 0 Å². The van der Waals surface area contributed by atoms with Crippen LogP contribution in [0.4, 0.5) is 5.69 Å².